The molecule has 3 nitrogen and oxygen atoms in total. The molecule has 3 heteroatoms. The summed E-state index contributed by atoms with van der Waals surface area (Å²) in [4.78, 5) is 0. The topological polar surface area (TPSA) is 27.1 Å². The van der Waals surface area contributed by atoms with Gasteiger partial charge in [0.25, 0.3) is 0 Å². The molecule has 0 N–H and O–H groups in total. The minimum absolute atomic E-state index is 0.572. The molecule has 2 aromatic rings. The molecule has 0 saturated heterocycles. The molecule has 1 aromatic heterocycles. The molecule has 1 aliphatic rings. The van der Waals surface area contributed by atoms with E-state index in [1.807, 2.05) is 30.6 Å². The molecule has 1 aromatic carbocycles. The molecule has 0 spiro atoms. The minimum Gasteiger partial charge on any atom is -0.486 e. The Bertz CT molecular complexity index is 500. The third kappa shape index (κ3) is 3.16. The Morgan fingerprint density at radius 1 is 1.11 bits per heavy atom. The average molecular weight is 256 g/mol. The van der Waals surface area contributed by atoms with E-state index in [4.69, 9.17) is 4.74 Å². The predicted octanol–water partition coefficient (Wildman–Crippen LogP) is 3.97. The zero-order valence-electron chi connectivity index (χ0n) is 11.2. The maximum atomic E-state index is 5.78. The van der Waals surface area contributed by atoms with Gasteiger partial charge in [-0.25, -0.2) is 0 Å². The highest BCUT2D eigenvalue weighted by Gasteiger charge is 2.16. The quantitative estimate of drug-likeness (QED) is 0.827. The molecule has 19 heavy (non-hydrogen) atoms. The van der Waals surface area contributed by atoms with Crippen LogP contribution in [-0.2, 0) is 6.61 Å². The first-order valence-electron chi connectivity index (χ1n) is 7.13. The molecule has 0 amide bonds. The highest BCUT2D eigenvalue weighted by molar-refractivity contribution is 5.17. The Morgan fingerprint density at radius 3 is 2.68 bits per heavy atom. The summed E-state index contributed by atoms with van der Waals surface area (Å²) in [6.45, 7) is 0.608. The van der Waals surface area contributed by atoms with Crippen molar-refractivity contribution in [2.45, 2.75) is 44.8 Å². The largest absolute Gasteiger partial charge is 0.486 e. The summed E-state index contributed by atoms with van der Waals surface area (Å²) in [6, 6.07) is 10.8. The van der Waals surface area contributed by atoms with Crippen LogP contribution in [0.25, 0.3) is 0 Å². The van der Waals surface area contributed by atoms with E-state index in [1.54, 1.807) is 0 Å². The zero-order valence-corrected chi connectivity index (χ0v) is 11.2. The summed E-state index contributed by atoms with van der Waals surface area (Å²) in [5, 5.41) is 4.44. The summed E-state index contributed by atoms with van der Waals surface area (Å²) in [6.07, 6.45) is 10.4. The van der Waals surface area contributed by atoms with Crippen molar-refractivity contribution in [2.24, 2.45) is 0 Å². The van der Waals surface area contributed by atoms with Gasteiger partial charge in [-0.05, 0) is 18.4 Å². The Morgan fingerprint density at radius 2 is 1.89 bits per heavy atom. The zero-order chi connectivity index (χ0) is 12.9. The highest BCUT2D eigenvalue weighted by atomic mass is 16.5. The van der Waals surface area contributed by atoms with Gasteiger partial charge in [0.05, 0.1) is 18.4 Å². The molecule has 0 radical (unpaired) electrons. The average Bonchev–Trinajstić information content (AvgIpc) is 2.96. The first-order chi connectivity index (χ1) is 9.42. The molecular weight excluding hydrogens is 236 g/mol. The van der Waals surface area contributed by atoms with Crippen molar-refractivity contribution in [3.05, 3.63) is 48.3 Å². The van der Waals surface area contributed by atoms with E-state index in [0.29, 0.717) is 12.6 Å². The first-order valence-corrected chi connectivity index (χ1v) is 7.13. The van der Waals surface area contributed by atoms with Crippen LogP contribution in [0.5, 0.6) is 5.75 Å². The number of aromatic nitrogens is 2. The van der Waals surface area contributed by atoms with Crippen molar-refractivity contribution < 1.29 is 4.74 Å². The van der Waals surface area contributed by atoms with Gasteiger partial charge < -0.3 is 4.74 Å². The molecule has 1 fully saturated rings. The van der Waals surface area contributed by atoms with Crippen LogP contribution in [0.4, 0.5) is 0 Å². The second-order valence-electron chi connectivity index (χ2n) is 5.22. The van der Waals surface area contributed by atoms with Crippen LogP contribution >= 0.6 is 0 Å². The van der Waals surface area contributed by atoms with Crippen LogP contribution < -0.4 is 4.74 Å². The molecule has 1 saturated carbocycles. The van der Waals surface area contributed by atoms with E-state index < -0.39 is 0 Å². The SMILES string of the molecule is c1ccc(COc2cnn(C3CCCCC3)c2)cc1. The molecule has 1 heterocycles. The van der Waals surface area contributed by atoms with Crippen LogP contribution in [-0.4, -0.2) is 9.78 Å². The van der Waals surface area contributed by atoms with Gasteiger partial charge >= 0.3 is 0 Å². The molecule has 0 atom stereocenters. The molecule has 0 aliphatic heterocycles. The second kappa shape index (κ2) is 5.91. The Labute approximate surface area is 114 Å². The van der Waals surface area contributed by atoms with Crippen LogP contribution in [0.3, 0.4) is 0 Å². The number of ether oxygens (including phenoxy) is 1. The Kier molecular flexibility index (Phi) is 3.82. The van der Waals surface area contributed by atoms with Gasteiger partial charge in [-0.2, -0.15) is 5.10 Å². The van der Waals surface area contributed by atoms with Crippen molar-refractivity contribution >= 4 is 0 Å². The van der Waals surface area contributed by atoms with E-state index in [9.17, 15) is 0 Å². The highest BCUT2D eigenvalue weighted by Crippen LogP contribution is 2.28. The van der Waals surface area contributed by atoms with Crippen molar-refractivity contribution in [3.8, 4) is 5.75 Å². The van der Waals surface area contributed by atoms with Gasteiger partial charge in [-0.15, -0.1) is 0 Å². The smallest absolute Gasteiger partial charge is 0.157 e. The number of nitrogens with zero attached hydrogens (tertiary/aromatic N) is 2. The van der Waals surface area contributed by atoms with Gasteiger partial charge in [0.1, 0.15) is 6.61 Å². The Balaban J connectivity index is 1.58. The fourth-order valence-corrected chi connectivity index (χ4v) is 2.68. The lowest BCUT2D eigenvalue weighted by molar-refractivity contribution is 0.301. The summed E-state index contributed by atoms with van der Waals surface area (Å²) in [7, 11) is 0. The lowest BCUT2D eigenvalue weighted by atomic mass is 9.96. The third-order valence-electron chi connectivity index (χ3n) is 3.77. The molecular formula is C16H20N2O. The Hall–Kier alpha value is -1.77. The summed E-state index contributed by atoms with van der Waals surface area (Å²) >= 11 is 0. The van der Waals surface area contributed by atoms with E-state index in [1.165, 1.54) is 37.7 Å². The fourth-order valence-electron chi connectivity index (χ4n) is 2.68. The van der Waals surface area contributed by atoms with Gasteiger partial charge in [0.15, 0.2) is 5.75 Å². The molecule has 1 aliphatic carbocycles. The van der Waals surface area contributed by atoms with Crippen LogP contribution in [0.1, 0.15) is 43.7 Å². The first kappa shape index (κ1) is 12.3. The van der Waals surface area contributed by atoms with Crippen LogP contribution in [0.15, 0.2) is 42.7 Å². The van der Waals surface area contributed by atoms with Crippen molar-refractivity contribution in [3.63, 3.8) is 0 Å². The van der Waals surface area contributed by atoms with E-state index in [2.05, 4.69) is 21.9 Å². The molecule has 3 rings (SSSR count). The van der Waals surface area contributed by atoms with E-state index >= 15 is 0 Å². The number of benzene rings is 1. The lowest BCUT2D eigenvalue weighted by Gasteiger charge is -2.21. The molecule has 100 valence electrons. The monoisotopic (exact) mass is 256 g/mol. The van der Waals surface area contributed by atoms with Crippen molar-refractivity contribution in [1.82, 2.24) is 9.78 Å². The lowest BCUT2D eigenvalue weighted by Crippen LogP contribution is -2.12. The van der Waals surface area contributed by atoms with Gasteiger partial charge in [-0.1, -0.05) is 49.6 Å². The van der Waals surface area contributed by atoms with E-state index in [0.717, 1.165) is 5.75 Å². The van der Waals surface area contributed by atoms with Crippen LogP contribution in [0.2, 0.25) is 0 Å². The van der Waals surface area contributed by atoms with Gasteiger partial charge in [0, 0.05) is 0 Å². The van der Waals surface area contributed by atoms with Crippen molar-refractivity contribution in [2.75, 3.05) is 0 Å². The van der Waals surface area contributed by atoms with Gasteiger partial charge in [-0.3, -0.25) is 4.68 Å². The second-order valence-corrected chi connectivity index (χ2v) is 5.22. The number of hydrogen-bond acceptors (Lipinski definition) is 2. The van der Waals surface area contributed by atoms with Gasteiger partial charge in [0.2, 0.25) is 0 Å². The molecule has 0 bridgehead atoms. The summed E-state index contributed by atoms with van der Waals surface area (Å²) in [5.74, 6) is 0.870. The summed E-state index contributed by atoms with van der Waals surface area (Å²) < 4.78 is 7.86. The third-order valence-corrected chi connectivity index (χ3v) is 3.77. The van der Waals surface area contributed by atoms with Crippen LogP contribution in [0, 0.1) is 0 Å². The molecule has 0 unspecified atom stereocenters. The minimum atomic E-state index is 0.572. The standard InChI is InChI=1S/C16H20N2O/c1-3-7-14(8-4-1)13-19-16-11-17-18(12-16)15-9-5-2-6-10-15/h1,3-4,7-8,11-12,15H,2,5-6,9-10,13H2. The maximum Gasteiger partial charge on any atom is 0.157 e. The normalized spacial score (nSPS) is 16.4. The fraction of sp³-hybridized carbons (Fsp3) is 0.438. The number of rotatable bonds is 4. The maximum absolute atomic E-state index is 5.78. The van der Waals surface area contributed by atoms with Crippen molar-refractivity contribution in [1.29, 1.82) is 0 Å². The number of hydrogen-bond donors (Lipinski definition) is 0. The predicted molar refractivity (Wildman–Crippen MR) is 75.1 cm³/mol. The van der Waals surface area contributed by atoms with E-state index in [-0.39, 0.29) is 0 Å². The summed E-state index contributed by atoms with van der Waals surface area (Å²) in [5.41, 5.74) is 1.19.